The van der Waals surface area contributed by atoms with E-state index in [1.165, 1.54) is 0 Å². The minimum atomic E-state index is -1.47. The molecule has 1 saturated heterocycles. The lowest BCUT2D eigenvalue weighted by Gasteiger charge is -2.50. The van der Waals surface area contributed by atoms with Gasteiger partial charge < -0.3 is 23.7 Å². The Bertz CT molecular complexity index is 1280. The monoisotopic (exact) mass is 583 g/mol. The van der Waals surface area contributed by atoms with E-state index in [1.807, 2.05) is 0 Å². The highest BCUT2D eigenvalue weighted by atomic mass is 16.6. The Morgan fingerprint density at radius 1 is 0.619 bits per heavy atom. The van der Waals surface area contributed by atoms with E-state index in [0.29, 0.717) is 11.1 Å². The molecular weight excluding hydrogens is 550 g/mol. The Morgan fingerprint density at radius 3 is 1.64 bits per heavy atom. The van der Waals surface area contributed by atoms with Crippen molar-refractivity contribution in [1.82, 2.24) is 4.90 Å². The van der Waals surface area contributed by atoms with E-state index in [1.54, 1.807) is 60.7 Å². The van der Waals surface area contributed by atoms with Crippen molar-refractivity contribution in [1.29, 1.82) is 0 Å². The smallest absolute Gasteiger partial charge is 0.411 e. The maximum Gasteiger partial charge on any atom is 0.411 e. The van der Waals surface area contributed by atoms with Gasteiger partial charge in [0.1, 0.15) is 19.3 Å². The molecule has 0 radical (unpaired) electrons. The van der Waals surface area contributed by atoms with Crippen LogP contribution >= 0.6 is 0 Å². The molecule has 0 saturated carbocycles. The summed E-state index contributed by atoms with van der Waals surface area (Å²) in [7, 11) is 0. The lowest BCUT2D eigenvalue weighted by Crippen LogP contribution is -2.71. The molecule has 1 aliphatic heterocycles. The zero-order valence-electron chi connectivity index (χ0n) is 23.7. The van der Waals surface area contributed by atoms with Crippen LogP contribution in [0.5, 0.6) is 0 Å². The highest BCUT2D eigenvalue weighted by Gasteiger charge is 2.57. The number of rotatable bonds is 10. The van der Waals surface area contributed by atoms with E-state index in [-0.39, 0.29) is 6.61 Å². The molecule has 1 aliphatic rings. The number of ketones is 1. The first kappa shape index (κ1) is 31.8. The fourth-order valence-electron chi connectivity index (χ4n) is 4.78. The SMILES string of the molecule is CC(=O)OC[C@@H]1[C@@H](OC(C)=O)[C@H](OC(C)=O)[C@@H](OC(C)=O)[C@H](CC(=O)c2ccccc2)N1C(=O)OCc1ccccc1. The minimum absolute atomic E-state index is 0.167. The summed E-state index contributed by atoms with van der Waals surface area (Å²) in [5, 5.41) is 0. The number of nitrogens with zero attached hydrogens (tertiary/aromatic N) is 1. The van der Waals surface area contributed by atoms with E-state index >= 15 is 0 Å². The number of piperidine rings is 1. The molecule has 0 N–H and O–H groups in total. The molecule has 0 aliphatic carbocycles. The number of benzene rings is 2. The number of Topliss-reactive ketones (excluding diaryl/α,β-unsaturated/α-hetero) is 1. The molecule has 0 unspecified atom stereocenters. The van der Waals surface area contributed by atoms with Crippen molar-refractivity contribution in [3.63, 3.8) is 0 Å². The van der Waals surface area contributed by atoms with Gasteiger partial charge in [-0.25, -0.2) is 4.79 Å². The van der Waals surface area contributed by atoms with Crippen molar-refractivity contribution in [2.75, 3.05) is 6.61 Å². The van der Waals surface area contributed by atoms with Crippen LogP contribution in [0, 0.1) is 0 Å². The summed E-state index contributed by atoms with van der Waals surface area (Å²) in [5.74, 6) is -3.58. The zero-order valence-corrected chi connectivity index (χ0v) is 23.7. The number of ether oxygens (including phenoxy) is 5. The quantitative estimate of drug-likeness (QED) is 0.231. The minimum Gasteiger partial charge on any atom is -0.464 e. The summed E-state index contributed by atoms with van der Waals surface area (Å²) in [5.41, 5.74) is 0.960. The second-order valence-corrected chi connectivity index (χ2v) is 9.60. The summed E-state index contributed by atoms with van der Waals surface area (Å²) in [4.78, 5) is 76.9. The number of carbonyl (C=O) groups excluding carboxylic acids is 6. The molecule has 1 amide bonds. The van der Waals surface area contributed by atoms with Crippen LogP contribution in [-0.2, 0) is 49.5 Å². The van der Waals surface area contributed by atoms with Gasteiger partial charge in [-0.2, -0.15) is 0 Å². The van der Waals surface area contributed by atoms with Gasteiger partial charge in [-0.05, 0) is 5.56 Å². The normalized spacial score (nSPS) is 21.4. The summed E-state index contributed by atoms with van der Waals surface area (Å²) in [6.45, 7) is 3.75. The molecule has 3 rings (SSSR count). The van der Waals surface area contributed by atoms with E-state index in [9.17, 15) is 28.8 Å². The predicted molar refractivity (Wildman–Crippen MR) is 145 cm³/mol. The van der Waals surface area contributed by atoms with Crippen LogP contribution in [0.15, 0.2) is 60.7 Å². The molecule has 42 heavy (non-hydrogen) atoms. The Morgan fingerprint density at radius 2 is 1.12 bits per heavy atom. The molecule has 224 valence electrons. The Balaban J connectivity index is 2.15. The standard InChI is InChI=1S/C30H33NO11/c1-18(32)38-17-25-28(41-20(3)34)29(42-21(4)35)27(40-19(2)33)24(15-26(36)23-13-9-6-10-14-23)31(25)30(37)39-16-22-11-7-5-8-12-22/h5-14,24-25,27-29H,15-17H2,1-4H3/t24-,25+,27-,28+,29+/m0/s1. The molecule has 1 fully saturated rings. The zero-order chi connectivity index (χ0) is 30.8. The van der Waals surface area contributed by atoms with Crippen molar-refractivity contribution in [2.45, 2.75) is 71.1 Å². The van der Waals surface area contributed by atoms with Gasteiger partial charge in [0.25, 0.3) is 0 Å². The van der Waals surface area contributed by atoms with Crippen LogP contribution in [0.4, 0.5) is 4.79 Å². The number of esters is 4. The van der Waals surface area contributed by atoms with Crippen LogP contribution in [0.2, 0.25) is 0 Å². The second kappa shape index (κ2) is 14.8. The van der Waals surface area contributed by atoms with Crippen LogP contribution < -0.4 is 0 Å². The maximum atomic E-state index is 13.8. The topological polar surface area (TPSA) is 152 Å². The summed E-state index contributed by atoms with van der Waals surface area (Å²) in [6, 6.07) is 14.4. The van der Waals surface area contributed by atoms with Crippen molar-refractivity contribution < 1.29 is 52.5 Å². The largest absolute Gasteiger partial charge is 0.464 e. The average Bonchev–Trinajstić information content (AvgIpc) is 2.94. The molecule has 0 aromatic heterocycles. The molecule has 0 bridgehead atoms. The molecule has 0 spiro atoms. The second-order valence-electron chi connectivity index (χ2n) is 9.60. The molecule has 2 aromatic rings. The molecule has 12 heteroatoms. The van der Waals surface area contributed by atoms with Crippen LogP contribution in [0.1, 0.15) is 50.0 Å². The van der Waals surface area contributed by atoms with E-state index in [0.717, 1.165) is 32.6 Å². The third kappa shape index (κ3) is 8.63. The average molecular weight is 584 g/mol. The van der Waals surface area contributed by atoms with E-state index in [2.05, 4.69) is 0 Å². The molecule has 2 aromatic carbocycles. The highest BCUT2D eigenvalue weighted by molar-refractivity contribution is 5.96. The van der Waals surface area contributed by atoms with Crippen molar-refractivity contribution in [3.8, 4) is 0 Å². The Kier molecular flexibility index (Phi) is 11.2. The van der Waals surface area contributed by atoms with E-state index in [4.69, 9.17) is 23.7 Å². The third-order valence-electron chi connectivity index (χ3n) is 6.39. The van der Waals surface area contributed by atoms with E-state index < -0.39 is 79.2 Å². The van der Waals surface area contributed by atoms with Crippen molar-refractivity contribution in [2.24, 2.45) is 0 Å². The first-order valence-corrected chi connectivity index (χ1v) is 13.2. The fraction of sp³-hybridized carbons (Fsp3) is 0.400. The van der Waals surface area contributed by atoms with Crippen molar-refractivity contribution in [3.05, 3.63) is 71.8 Å². The van der Waals surface area contributed by atoms with Gasteiger partial charge in [0.05, 0.1) is 6.04 Å². The number of hydrogen-bond acceptors (Lipinski definition) is 11. The molecule has 1 heterocycles. The maximum absolute atomic E-state index is 13.8. The van der Waals surface area contributed by atoms with Gasteiger partial charge >= 0.3 is 30.0 Å². The van der Waals surface area contributed by atoms with Crippen LogP contribution in [-0.4, -0.2) is 77.7 Å². The van der Waals surface area contributed by atoms with Crippen LogP contribution in [0.25, 0.3) is 0 Å². The molecular formula is C30H33NO11. The first-order valence-electron chi connectivity index (χ1n) is 13.2. The van der Waals surface area contributed by atoms with Gasteiger partial charge in [0, 0.05) is 39.7 Å². The Hall–Kier alpha value is -4.74. The van der Waals surface area contributed by atoms with Gasteiger partial charge in [0.15, 0.2) is 24.1 Å². The number of hydrogen-bond donors (Lipinski definition) is 0. The lowest BCUT2D eigenvalue weighted by molar-refractivity contribution is -0.214. The first-order chi connectivity index (χ1) is 20.0. The third-order valence-corrected chi connectivity index (χ3v) is 6.39. The Labute approximate surface area is 242 Å². The van der Waals surface area contributed by atoms with Gasteiger partial charge in [0.2, 0.25) is 0 Å². The summed E-state index contributed by atoms with van der Waals surface area (Å²) in [6.07, 6.45) is -5.80. The van der Waals surface area contributed by atoms with Crippen molar-refractivity contribution >= 4 is 35.8 Å². The van der Waals surface area contributed by atoms with Crippen LogP contribution in [0.3, 0.4) is 0 Å². The van der Waals surface area contributed by atoms with Gasteiger partial charge in [-0.3, -0.25) is 28.9 Å². The summed E-state index contributed by atoms with van der Waals surface area (Å²) >= 11 is 0. The molecule has 5 atom stereocenters. The van der Waals surface area contributed by atoms with Gasteiger partial charge in [-0.15, -0.1) is 0 Å². The number of carbonyl (C=O) groups is 6. The number of likely N-dealkylation sites (tertiary alicyclic amines) is 1. The van der Waals surface area contributed by atoms with Gasteiger partial charge in [-0.1, -0.05) is 60.7 Å². The number of amides is 1. The lowest BCUT2D eigenvalue weighted by atomic mass is 9.84. The fourth-order valence-corrected chi connectivity index (χ4v) is 4.78. The highest BCUT2D eigenvalue weighted by Crippen LogP contribution is 2.34. The molecule has 12 nitrogen and oxygen atoms in total. The summed E-state index contributed by atoms with van der Waals surface area (Å²) < 4.78 is 27.4. The predicted octanol–water partition coefficient (Wildman–Crippen LogP) is 3.01.